The van der Waals surface area contributed by atoms with Crippen LogP contribution < -0.4 is 5.32 Å². The first-order chi connectivity index (χ1) is 8.36. The minimum absolute atomic E-state index is 0.593. The summed E-state index contributed by atoms with van der Waals surface area (Å²) in [5.41, 5.74) is 1.04. The van der Waals surface area contributed by atoms with Crippen LogP contribution in [0.2, 0.25) is 0 Å². The van der Waals surface area contributed by atoms with Crippen LogP contribution in [-0.4, -0.2) is 16.0 Å². The van der Waals surface area contributed by atoms with Gasteiger partial charge in [-0.2, -0.15) is 0 Å². The lowest BCUT2D eigenvalue weighted by Gasteiger charge is -2.23. The van der Waals surface area contributed by atoms with Crippen LogP contribution in [0.4, 0.5) is 0 Å². The number of rotatable bonds is 4. The third-order valence-electron chi connectivity index (χ3n) is 3.83. The Balaban J connectivity index is 1.78. The van der Waals surface area contributed by atoms with Crippen LogP contribution in [0, 0.1) is 5.92 Å². The Bertz CT molecular complexity index is 305. The number of nitrogens with one attached hydrogen (secondary N) is 1. The Morgan fingerprint density at radius 2 is 2.00 bits per heavy atom. The van der Waals surface area contributed by atoms with Crippen LogP contribution in [0.5, 0.6) is 0 Å². The summed E-state index contributed by atoms with van der Waals surface area (Å²) in [5.74, 6) is 0.842. The van der Waals surface area contributed by atoms with E-state index in [-0.39, 0.29) is 0 Å². The second kappa shape index (κ2) is 6.70. The highest BCUT2D eigenvalue weighted by atomic mass is 14.9. The molecule has 1 heterocycles. The van der Waals surface area contributed by atoms with Gasteiger partial charge in [-0.15, -0.1) is 0 Å². The Labute approximate surface area is 104 Å². The fourth-order valence-electron chi connectivity index (χ4n) is 2.66. The molecule has 1 aromatic heterocycles. The Morgan fingerprint density at radius 3 is 2.65 bits per heavy atom. The summed E-state index contributed by atoms with van der Waals surface area (Å²) in [6, 6.07) is 0.593. The molecule has 1 atom stereocenters. The molecule has 1 N–H and O–H groups in total. The summed E-state index contributed by atoms with van der Waals surface area (Å²) >= 11 is 0. The molecule has 0 amide bonds. The first kappa shape index (κ1) is 12.5. The zero-order chi connectivity index (χ0) is 11.9. The molecule has 1 fully saturated rings. The number of hydrogen-bond donors (Lipinski definition) is 1. The Hall–Kier alpha value is -0.960. The van der Waals surface area contributed by atoms with Crippen LogP contribution in [0.25, 0.3) is 0 Å². The van der Waals surface area contributed by atoms with E-state index in [0.29, 0.717) is 6.04 Å². The van der Waals surface area contributed by atoms with Gasteiger partial charge in [0.2, 0.25) is 0 Å². The Morgan fingerprint density at radius 1 is 1.24 bits per heavy atom. The summed E-state index contributed by atoms with van der Waals surface area (Å²) in [4.78, 5) is 8.38. The molecule has 0 aromatic carbocycles. The van der Waals surface area contributed by atoms with Crippen molar-refractivity contribution in [2.24, 2.45) is 5.92 Å². The molecular formula is C14H23N3. The third kappa shape index (κ3) is 4.08. The van der Waals surface area contributed by atoms with E-state index < -0.39 is 0 Å². The normalized spacial score (nSPS) is 19.8. The van der Waals surface area contributed by atoms with Crippen molar-refractivity contribution in [1.82, 2.24) is 15.3 Å². The molecule has 0 spiro atoms. The summed E-state index contributed by atoms with van der Waals surface area (Å²) in [6.45, 7) is 3.15. The fraction of sp³-hybridized carbons (Fsp3) is 0.714. The second-order valence-corrected chi connectivity index (χ2v) is 5.12. The third-order valence-corrected chi connectivity index (χ3v) is 3.83. The van der Waals surface area contributed by atoms with Gasteiger partial charge in [-0.05, 0) is 25.7 Å². The highest BCUT2D eigenvalue weighted by Crippen LogP contribution is 2.25. The van der Waals surface area contributed by atoms with E-state index in [9.17, 15) is 0 Å². The summed E-state index contributed by atoms with van der Waals surface area (Å²) in [5, 5.41) is 3.59. The first-order valence-corrected chi connectivity index (χ1v) is 6.84. The second-order valence-electron chi connectivity index (χ2n) is 5.12. The number of nitrogens with zero attached hydrogens (tertiary/aromatic N) is 2. The van der Waals surface area contributed by atoms with Gasteiger partial charge in [-0.3, -0.25) is 9.97 Å². The lowest BCUT2D eigenvalue weighted by atomic mass is 9.93. The summed E-state index contributed by atoms with van der Waals surface area (Å²) in [6.07, 6.45) is 13.7. The average Bonchev–Trinajstić information content (AvgIpc) is 2.66. The minimum Gasteiger partial charge on any atom is -0.308 e. The first-order valence-electron chi connectivity index (χ1n) is 6.84. The largest absolute Gasteiger partial charge is 0.308 e. The highest BCUT2D eigenvalue weighted by molar-refractivity contribution is 4.94. The number of aromatic nitrogens is 2. The van der Waals surface area contributed by atoms with Gasteiger partial charge < -0.3 is 5.32 Å². The SMILES string of the molecule is C[C@@H](NCc1cnccn1)C1CCCCCC1. The minimum atomic E-state index is 0.593. The van der Waals surface area contributed by atoms with Gasteiger partial charge >= 0.3 is 0 Å². The zero-order valence-electron chi connectivity index (χ0n) is 10.7. The zero-order valence-corrected chi connectivity index (χ0v) is 10.7. The predicted octanol–water partition coefficient (Wildman–Crippen LogP) is 2.93. The van der Waals surface area contributed by atoms with Crippen LogP contribution in [-0.2, 0) is 6.54 Å². The molecule has 3 nitrogen and oxygen atoms in total. The van der Waals surface area contributed by atoms with Crippen molar-refractivity contribution in [2.75, 3.05) is 0 Å². The topological polar surface area (TPSA) is 37.8 Å². The van der Waals surface area contributed by atoms with Crippen LogP contribution in [0.1, 0.15) is 51.1 Å². The van der Waals surface area contributed by atoms with E-state index in [1.54, 1.807) is 12.4 Å². The molecule has 94 valence electrons. The molecule has 0 saturated heterocycles. The molecule has 3 heteroatoms. The molecule has 1 aliphatic carbocycles. The highest BCUT2D eigenvalue weighted by Gasteiger charge is 2.18. The molecule has 0 radical (unpaired) electrons. The molecule has 17 heavy (non-hydrogen) atoms. The van der Waals surface area contributed by atoms with Gasteiger partial charge in [-0.25, -0.2) is 0 Å². The van der Waals surface area contributed by atoms with Crippen molar-refractivity contribution in [2.45, 2.75) is 58.0 Å². The average molecular weight is 233 g/mol. The van der Waals surface area contributed by atoms with Crippen molar-refractivity contribution in [3.8, 4) is 0 Å². The number of hydrogen-bond acceptors (Lipinski definition) is 3. The lowest BCUT2D eigenvalue weighted by molar-refractivity contribution is 0.335. The maximum absolute atomic E-state index is 4.29. The molecule has 2 rings (SSSR count). The van der Waals surface area contributed by atoms with Crippen molar-refractivity contribution in [1.29, 1.82) is 0 Å². The monoisotopic (exact) mass is 233 g/mol. The fourth-order valence-corrected chi connectivity index (χ4v) is 2.66. The van der Waals surface area contributed by atoms with Gasteiger partial charge in [0.05, 0.1) is 5.69 Å². The van der Waals surface area contributed by atoms with Gasteiger partial charge in [0.1, 0.15) is 0 Å². The summed E-state index contributed by atoms with van der Waals surface area (Å²) in [7, 11) is 0. The van der Waals surface area contributed by atoms with Gasteiger partial charge in [0.15, 0.2) is 0 Å². The van der Waals surface area contributed by atoms with Crippen LogP contribution in [0.15, 0.2) is 18.6 Å². The predicted molar refractivity (Wildman–Crippen MR) is 69.5 cm³/mol. The molecule has 1 aromatic rings. The molecule has 1 aliphatic rings. The maximum atomic E-state index is 4.29. The van der Waals surface area contributed by atoms with Crippen LogP contribution >= 0.6 is 0 Å². The van der Waals surface area contributed by atoms with E-state index in [0.717, 1.165) is 18.2 Å². The smallest absolute Gasteiger partial charge is 0.0724 e. The lowest BCUT2D eigenvalue weighted by Crippen LogP contribution is -2.33. The van der Waals surface area contributed by atoms with Gasteiger partial charge in [0.25, 0.3) is 0 Å². The van der Waals surface area contributed by atoms with Crippen molar-refractivity contribution in [3.05, 3.63) is 24.3 Å². The van der Waals surface area contributed by atoms with E-state index in [1.165, 1.54) is 38.5 Å². The molecule has 0 aliphatic heterocycles. The van der Waals surface area contributed by atoms with E-state index in [2.05, 4.69) is 22.2 Å². The van der Waals surface area contributed by atoms with Crippen molar-refractivity contribution >= 4 is 0 Å². The van der Waals surface area contributed by atoms with E-state index >= 15 is 0 Å². The van der Waals surface area contributed by atoms with E-state index in [1.807, 2.05) is 6.20 Å². The standard InChI is InChI=1S/C14H23N3/c1-12(13-6-4-2-3-5-7-13)17-11-14-10-15-8-9-16-14/h8-10,12-13,17H,2-7,11H2,1H3/t12-/m1/s1. The van der Waals surface area contributed by atoms with Gasteiger partial charge in [0, 0.05) is 31.2 Å². The van der Waals surface area contributed by atoms with E-state index in [4.69, 9.17) is 0 Å². The molecule has 0 unspecified atom stereocenters. The maximum Gasteiger partial charge on any atom is 0.0724 e. The Kier molecular flexibility index (Phi) is 4.92. The molecular weight excluding hydrogens is 210 g/mol. The molecule has 0 bridgehead atoms. The molecule has 1 saturated carbocycles. The van der Waals surface area contributed by atoms with Crippen LogP contribution in [0.3, 0.4) is 0 Å². The van der Waals surface area contributed by atoms with Crippen molar-refractivity contribution in [3.63, 3.8) is 0 Å². The summed E-state index contributed by atoms with van der Waals surface area (Å²) < 4.78 is 0. The quantitative estimate of drug-likeness (QED) is 0.813. The van der Waals surface area contributed by atoms with Gasteiger partial charge in [-0.1, -0.05) is 25.7 Å². The van der Waals surface area contributed by atoms with Crippen molar-refractivity contribution < 1.29 is 0 Å².